The van der Waals surface area contributed by atoms with E-state index in [4.69, 9.17) is 21.4 Å². The van der Waals surface area contributed by atoms with Gasteiger partial charge < -0.3 is 9.84 Å². The van der Waals surface area contributed by atoms with Gasteiger partial charge in [-0.15, -0.1) is 0 Å². The molecule has 0 atom stereocenters. The van der Waals surface area contributed by atoms with Crippen molar-refractivity contribution in [1.29, 1.82) is 0 Å². The maximum absolute atomic E-state index is 11.1. The lowest BCUT2D eigenvalue weighted by Gasteiger charge is -2.09. The SMILES string of the molecule is CCCc1cc(C(=O)O)cc(OCc2cccc(Cl)c2)n1. The minimum atomic E-state index is -0.984. The largest absolute Gasteiger partial charge is 0.478 e. The number of pyridine rings is 1. The van der Waals surface area contributed by atoms with Crippen molar-refractivity contribution in [3.8, 4) is 5.88 Å². The molecule has 0 aliphatic carbocycles. The number of carbonyl (C=O) groups is 1. The van der Waals surface area contributed by atoms with Crippen LogP contribution in [0.5, 0.6) is 5.88 Å². The van der Waals surface area contributed by atoms with Crippen molar-refractivity contribution in [3.05, 3.63) is 58.2 Å². The third-order valence-corrected chi connectivity index (χ3v) is 3.12. The minimum absolute atomic E-state index is 0.189. The third-order valence-electron chi connectivity index (χ3n) is 2.88. The maximum atomic E-state index is 11.1. The maximum Gasteiger partial charge on any atom is 0.335 e. The Balaban J connectivity index is 2.16. The van der Waals surface area contributed by atoms with Gasteiger partial charge in [0.1, 0.15) is 6.61 Å². The van der Waals surface area contributed by atoms with Crippen LogP contribution in [0.2, 0.25) is 5.02 Å². The number of aryl methyl sites for hydroxylation is 1. The summed E-state index contributed by atoms with van der Waals surface area (Å²) in [4.78, 5) is 15.5. The molecule has 4 nitrogen and oxygen atoms in total. The van der Waals surface area contributed by atoms with E-state index >= 15 is 0 Å². The van der Waals surface area contributed by atoms with Crippen LogP contribution in [-0.4, -0.2) is 16.1 Å². The second-order valence-corrected chi connectivity index (χ2v) is 5.10. The Bertz CT molecular complexity index is 643. The van der Waals surface area contributed by atoms with Gasteiger partial charge in [-0.05, 0) is 30.2 Å². The highest BCUT2D eigenvalue weighted by molar-refractivity contribution is 6.30. The van der Waals surface area contributed by atoms with E-state index in [1.54, 1.807) is 18.2 Å². The number of aromatic nitrogens is 1. The van der Waals surface area contributed by atoms with Gasteiger partial charge in [0.2, 0.25) is 5.88 Å². The van der Waals surface area contributed by atoms with E-state index in [-0.39, 0.29) is 5.56 Å². The van der Waals surface area contributed by atoms with Crippen LogP contribution in [0.1, 0.15) is 35.0 Å². The summed E-state index contributed by atoms with van der Waals surface area (Å²) in [5.74, 6) is -0.666. The van der Waals surface area contributed by atoms with Crippen molar-refractivity contribution in [2.75, 3.05) is 0 Å². The molecule has 0 fully saturated rings. The van der Waals surface area contributed by atoms with Gasteiger partial charge in [-0.3, -0.25) is 0 Å². The van der Waals surface area contributed by atoms with Crippen LogP contribution < -0.4 is 4.74 Å². The minimum Gasteiger partial charge on any atom is -0.478 e. The molecule has 1 aromatic heterocycles. The van der Waals surface area contributed by atoms with E-state index in [9.17, 15) is 4.79 Å². The van der Waals surface area contributed by atoms with Crippen molar-refractivity contribution in [1.82, 2.24) is 4.98 Å². The average molecular weight is 306 g/mol. The first-order valence-corrected chi connectivity index (χ1v) is 7.07. The Hall–Kier alpha value is -2.07. The predicted octanol–water partition coefficient (Wildman–Crippen LogP) is 3.96. The summed E-state index contributed by atoms with van der Waals surface area (Å²) in [6, 6.07) is 10.3. The Morgan fingerprint density at radius 2 is 2.14 bits per heavy atom. The molecule has 2 aromatic rings. The first-order valence-electron chi connectivity index (χ1n) is 6.70. The Labute approximate surface area is 128 Å². The summed E-state index contributed by atoms with van der Waals surface area (Å²) >= 11 is 5.91. The van der Waals surface area contributed by atoms with E-state index in [1.807, 2.05) is 19.1 Å². The molecule has 1 heterocycles. The quantitative estimate of drug-likeness (QED) is 0.877. The summed E-state index contributed by atoms with van der Waals surface area (Å²) in [5.41, 5.74) is 1.81. The van der Waals surface area contributed by atoms with Crippen molar-refractivity contribution in [3.63, 3.8) is 0 Å². The topological polar surface area (TPSA) is 59.4 Å². The normalized spacial score (nSPS) is 10.4. The fourth-order valence-corrected chi connectivity index (χ4v) is 2.14. The molecule has 0 aliphatic rings. The smallest absolute Gasteiger partial charge is 0.335 e. The summed E-state index contributed by atoms with van der Waals surface area (Å²) in [6.45, 7) is 2.31. The second-order valence-electron chi connectivity index (χ2n) is 4.66. The zero-order chi connectivity index (χ0) is 15.2. The van der Waals surface area contributed by atoms with Crippen LogP contribution in [0, 0.1) is 0 Å². The number of aromatic carboxylic acids is 1. The zero-order valence-corrected chi connectivity index (χ0v) is 12.4. The number of carboxylic acid groups (broad SMARTS) is 1. The molecular formula is C16H16ClNO3. The monoisotopic (exact) mass is 305 g/mol. The first kappa shape index (κ1) is 15.3. The Morgan fingerprint density at radius 1 is 1.33 bits per heavy atom. The van der Waals surface area contributed by atoms with Crippen LogP contribution in [0.15, 0.2) is 36.4 Å². The lowest BCUT2D eigenvalue weighted by molar-refractivity contribution is 0.0696. The Morgan fingerprint density at radius 3 is 2.81 bits per heavy atom. The second kappa shape index (κ2) is 7.09. The number of hydrogen-bond donors (Lipinski definition) is 1. The molecule has 0 amide bonds. The molecule has 110 valence electrons. The molecule has 0 aliphatic heterocycles. The van der Waals surface area contributed by atoms with Gasteiger partial charge in [-0.2, -0.15) is 0 Å². The number of nitrogens with zero attached hydrogens (tertiary/aromatic N) is 1. The average Bonchev–Trinajstić information content (AvgIpc) is 2.45. The molecule has 1 aromatic carbocycles. The van der Waals surface area contributed by atoms with Crippen molar-refractivity contribution in [2.45, 2.75) is 26.4 Å². The summed E-state index contributed by atoms with van der Waals surface area (Å²) in [7, 11) is 0. The van der Waals surface area contributed by atoms with Crippen molar-refractivity contribution in [2.24, 2.45) is 0 Å². The van der Waals surface area contributed by atoms with Gasteiger partial charge in [0.05, 0.1) is 5.56 Å². The van der Waals surface area contributed by atoms with Gasteiger partial charge in [-0.1, -0.05) is 37.1 Å². The van der Waals surface area contributed by atoms with Gasteiger partial charge >= 0.3 is 5.97 Å². The molecule has 5 heteroatoms. The van der Waals surface area contributed by atoms with Gasteiger partial charge in [0.15, 0.2) is 0 Å². The lowest BCUT2D eigenvalue weighted by Crippen LogP contribution is -2.04. The van der Waals surface area contributed by atoms with Gasteiger partial charge in [0.25, 0.3) is 0 Å². The fourth-order valence-electron chi connectivity index (χ4n) is 1.93. The molecule has 0 bridgehead atoms. The third kappa shape index (κ3) is 4.46. The molecular weight excluding hydrogens is 290 g/mol. The number of rotatable bonds is 6. The number of benzene rings is 1. The molecule has 0 radical (unpaired) electrons. The number of hydrogen-bond acceptors (Lipinski definition) is 3. The van der Waals surface area contributed by atoms with Gasteiger partial charge in [-0.25, -0.2) is 9.78 Å². The molecule has 2 rings (SSSR count). The highest BCUT2D eigenvalue weighted by Crippen LogP contribution is 2.17. The molecule has 0 saturated heterocycles. The van der Waals surface area contributed by atoms with Crippen LogP contribution in [0.3, 0.4) is 0 Å². The van der Waals surface area contributed by atoms with Crippen LogP contribution in [0.25, 0.3) is 0 Å². The number of halogens is 1. The van der Waals surface area contributed by atoms with E-state index in [1.165, 1.54) is 6.07 Å². The molecule has 0 spiro atoms. The summed E-state index contributed by atoms with van der Waals surface area (Å²) < 4.78 is 5.59. The van der Waals surface area contributed by atoms with Gasteiger partial charge in [0, 0.05) is 16.8 Å². The highest BCUT2D eigenvalue weighted by atomic mass is 35.5. The Kier molecular flexibility index (Phi) is 5.17. The number of ether oxygens (including phenoxy) is 1. The van der Waals surface area contributed by atoms with Crippen LogP contribution >= 0.6 is 11.6 Å². The van der Waals surface area contributed by atoms with E-state index < -0.39 is 5.97 Å². The molecule has 0 unspecified atom stereocenters. The number of carboxylic acids is 1. The highest BCUT2D eigenvalue weighted by Gasteiger charge is 2.09. The molecule has 1 N–H and O–H groups in total. The standard InChI is InChI=1S/C16H16ClNO3/c1-2-4-14-8-12(16(19)20)9-15(18-14)21-10-11-5-3-6-13(17)7-11/h3,5-9H,2,4,10H2,1H3,(H,19,20). The zero-order valence-electron chi connectivity index (χ0n) is 11.7. The lowest BCUT2D eigenvalue weighted by atomic mass is 10.1. The van der Waals surface area contributed by atoms with Crippen molar-refractivity contribution >= 4 is 17.6 Å². The van der Waals surface area contributed by atoms with Crippen molar-refractivity contribution < 1.29 is 14.6 Å². The summed E-state index contributed by atoms with van der Waals surface area (Å²) in [5, 5.41) is 9.76. The molecule has 0 saturated carbocycles. The van der Waals surface area contributed by atoms with E-state index in [2.05, 4.69) is 4.98 Å². The van der Waals surface area contributed by atoms with Crippen LogP contribution in [-0.2, 0) is 13.0 Å². The summed E-state index contributed by atoms with van der Waals surface area (Å²) in [6.07, 6.45) is 1.61. The van der Waals surface area contributed by atoms with E-state index in [0.29, 0.717) is 23.9 Å². The van der Waals surface area contributed by atoms with Crippen LogP contribution in [0.4, 0.5) is 0 Å². The van der Waals surface area contributed by atoms with E-state index in [0.717, 1.165) is 17.7 Å². The molecule has 21 heavy (non-hydrogen) atoms. The predicted molar refractivity (Wildman–Crippen MR) is 81.0 cm³/mol. The fraction of sp³-hybridized carbons (Fsp3) is 0.250. The first-order chi connectivity index (χ1) is 10.1.